The summed E-state index contributed by atoms with van der Waals surface area (Å²) in [6.45, 7) is 20.1. The van der Waals surface area contributed by atoms with Gasteiger partial charge in [0.25, 0.3) is 0 Å². The van der Waals surface area contributed by atoms with Gasteiger partial charge in [-0.2, -0.15) is 0 Å². The summed E-state index contributed by atoms with van der Waals surface area (Å²) in [5, 5.41) is 0. The molecule has 2 rings (SSSR count). The summed E-state index contributed by atoms with van der Waals surface area (Å²) in [6.07, 6.45) is 6.35. The van der Waals surface area contributed by atoms with Crippen molar-refractivity contribution in [3.8, 4) is 0 Å². The molecule has 2 aliphatic rings. The van der Waals surface area contributed by atoms with Crippen molar-refractivity contribution in [2.24, 2.45) is 23.7 Å². The Kier molecular flexibility index (Phi) is 10.1. The van der Waals surface area contributed by atoms with Crippen LogP contribution >= 0.6 is 0 Å². The summed E-state index contributed by atoms with van der Waals surface area (Å²) in [5.74, 6) is 2.62. The molecule has 2 aliphatic heterocycles. The van der Waals surface area contributed by atoms with Gasteiger partial charge in [0.1, 0.15) is 0 Å². The minimum atomic E-state index is 0. The second kappa shape index (κ2) is 10.2. The van der Waals surface area contributed by atoms with Crippen molar-refractivity contribution >= 4 is 0 Å². The van der Waals surface area contributed by atoms with E-state index in [2.05, 4.69) is 55.4 Å². The molecule has 0 aromatic heterocycles. The highest BCUT2D eigenvalue weighted by atomic mass is 16.5. The van der Waals surface area contributed by atoms with Crippen LogP contribution in [0.1, 0.15) is 94.9 Å². The molecule has 24 heavy (non-hydrogen) atoms. The molecule has 2 saturated heterocycles. The number of rotatable bonds is 4. The maximum Gasteiger partial charge on any atom is 0.0728 e. The van der Waals surface area contributed by atoms with Gasteiger partial charge in [0.05, 0.1) is 11.2 Å². The molecule has 0 saturated carbocycles. The maximum absolute atomic E-state index is 5.99. The van der Waals surface area contributed by atoms with E-state index in [0.717, 1.165) is 13.2 Å². The van der Waals surface area contributed by atoms with Crippen molar-refractivity contribution < 1.29 is 9.47 Å². The average Bonchev–Trinajstić information content (AvgIpc) is 2.99. The predicted molar refractivity (Wildman–Crippen MR) is 107 cm³/mol. The van der Waals surface area contributed by atoms with E-state index in [0.29, 0.717) is 23.7 Å². The fraction of sp³-hybridized carbons (Fsp3) is 1.00. The molecule has 146 valence electrons. The summed E-state index contributed by atoms with van der Waals surface area (Å²) in [4.78, 5) is 0. The molecule has 0 N–H and O–H groups in total. The molecular weight excluding hydrogens is 296 g/mol. The van der Waals surface area contributed by atoms with Crippen LogP contribution in [0.25, 0.3) is 0 Å². The molecule has 0 aromatic rings. The topological polar surface area (TPSA) is 18.5 Å². The van der Waals surface area contributed by atoms with E-state index >= 15 is 0 Å². The SMILES string of the molecule is C.CC(C)C1(C(C)C)CCCCO1.CC(C)C1(C(C)C)CCCO1. The van der Waals surface area contributed by atoms with E-state index in [4.69, 9.17) is 9.47 Å². The number of hydrogen-bond acceptors (Lipinski definition) is 2. The zero-order valence-electron chi connectivity index (χ0n) is 17.1. The first-order valence-corrected chi connectivity index (χ1v) is 9.97. The fourth-order valence-electron chi connectivity index (χ4n) is 4.68. The van der Waals surface area contributed by atoms with E-state index in [1.165, 1.54) is 32.1 Å². The second-order valence-corrected chi connectivity index (χ2v) is 8.79. The number of hydrogen-bond donors (Lipinski definition) is 0. The van der Waals surface area contributed by atoms with Crippen LogP contribution in [0.3, 0.4) is 0 Å². The molecule has 2 heterocycles. The average molecular weight is 343 g/mol. The van der Waals surface area contributed by atoms with Crippen LogP contribution in [0.4, 0.5) is 0 Å². The summed E-state index contributed by atoms with van der Waals surface area (Å²) >= 11 is 0. The van der Waals surface area contributed by atoms with Crippen LogP contribution in [0, 0.1) is 23.7 Å². The van der Waals surface area contributed by atoms with Crippen LogP contribution in [-0.4, -0.2) is 24.4 Å². The lowest BCUT2D eigenvalue weighted by Crippen LogP contribution is -2.46. The van der Waals surface area contributed by atoms with Gasteiger partial charge in [-0.25, -0.2) is 0 Å². The van der Waals surface area contributed by atoms with E-state index < -0.39 is 0 Å². The minimum Gasteiger partial charge on any atom is -0.374 e. The van der Waals surface area contributed by atoms with Crippen molar-refractivity contribution in [1.29, 1.82) is 0 Å². The standard InChI is InChI=1S/C11H22O.C10H20O.CH4/c1-9(2)11(10(3)4)7-5-6-8-12-11;1-8(2)10(9(3)4)6-5-7-11-10;/h9-10H,5-8H2,1-4H3;8-9H,5-7H2,1-4H3;1H4. The normalized spacial score (nSPS) is 22.5. The molecule has 0 bridgehead atoms. The molecule has 0 atom stereocenters. The highest BCUT2D eigenvalue weighted by Gasteiger charge is 2.41. The predicted octanol–water partition coefficient (Wildman–Crippen LogP) is 6.72. The first-order chi connectivity index (χ1) is 10.7. The maximum atomic E-state index is 5.99. The molecule has 0 aromatic carbocycles. The molecule has 0 aliphatic carbocycles. The van der Waals surface area contributed by atoms with Crippen LogP contribution in [-0.2, 0) is 9.47 Å². The van der Waals surface area contributed by atoms with Crippen molar-refractivity contribution in [2.75, 3.05) is 13.2 Å². The lowest BCUT2D eigenvalue weighted by molar-refractivity contribution is -0.137. The Morgan fingerprint density at radius 2 is 0.875 bits per heavy atom. The monoisotopic (exact) mass is 342 g/mol. The first kappa shape index (κ1) is 23.9. The summed E-state index contributed by atoms with van der Waals surface area (Å²) < 4.78 is 11.9. The Morgan fingerprint density at radius 1 is 0.542 bits per heavy atom. The third-order valence-electron chi connectivity index (χ3n) is 6.32. The molecular formula is C22H46O2. The van der Waals surface area contributed by atoms with Gasteiger partial charge in [-0.1, -0.05) is 62.8 Å². The minimum absolute atomic E-state index is 0. The largest absolute Gasteiger partial charge is 0.374 e. The molecule has 0 spiro atoms. The van der Waals surface area contributed by atoms with Gasteiger partial charge in [0, 0.05) is 13.2 Å². The Bertz CT molecular complexity index is 299. The van der Waals surface area contributed by atoms with Gasteiger partial charge < -0.3 is 9.47 Å². The van der Waals surface area contributed by atoms with Crippen molar-refractivity contribution in [2.45, 2.75) is 106 Å². The van der Waals surface area contributed by atoms with Gasteiger partial charge in [-0.15, -0.1) is 0 Å². The molecule has 0 amide bonds. The first-order valence-electron chi connectivity index (χ1n) is 9.97. The molecule has 0 unspecified atom stereocenters. The zero-order valence-corrected chi connectivity index (χ0v) is 17.1. The summed E-state index contributed by atoms with van der Waals surface area (Å²) in [5.41, 5.74) is 0.373. The third kappa shape index (κ3) is 5.21. The molecule has 2 heteroatoms. The molecule has 0 radical (unpaired) electrons. The lowest BCUT2D eigenvalue weighted by Gasteiger charge is -2.44. The van der Waals surface area contributed by atoms with Crippen LogP contribution < -0.4 is 0 Å². The van der Waals surface area contributed by atoms with Crippen LogP contribution in [0.5, 0.6) is 0 Å². The molecule has 2 nitrogen and oxygen atoms in total. The van der Waals surface area contributed by atoms with E-state index in [1.807, 2.05) is 0 Å². The molecule has 2 fully saturated rings. The van der Waals surface area contributed by atoms with Crippen LogP contribution in [0.15, 0.2) is 0 Å². The van der Waals surface area contributed by atoms with Crippen molar-refractivity contribution in [3.63, 3.8) is 0 Å². The Morgan fingerprint density at radius 3 is 1.04 bits per heavy atom. The van der Waals surface area contributed by atoms with E-state index in [9.17, 15) is 0 Å². The van der Waals surface area contributed by atoms with Crippen LogP contribution in [0.2, 0.25) is 0 Å². The summed E-state index contributed by atoms with van der Waals surface area (Å²) in [6, 6.07) is 0. The fourth-order valence-corrected chi connectivity index (χ4v) is 4.68. The van der Waals surface area contributed by atoms with Gasteiger partial charge in [-0.3, -0.25) is 0 Å². The number of ether oxygens (including phenoxy) is 2. The zero-order chi connectivity index (χ0) is 17.7. The van der Waals surface area contributed by atoms with E-state index in [-0.39, 0.29) is 18.6 Å². The van der Waals surface area contributed by atoms with E-state index in [1.54, 1.807) is 0 Å². The van der Waals surface area contributed by atoms with Crippen molar-refractivity contribution in [3.05, 3.63) is 0 Å². The van der Waals surface area contributed by atoms with Gasteiger partial charge in [0.2, 0.25) is 0 Å². The highest BCUT2D eigenvalue weighted by Crippen LogP contribution is 2.39. The lowest BCUT2D eigenvalue weighted by atomic mass is 9.75. The Hall–Kier alpha value is -0.0800. The smallest absolute Gasteiger partial charge is 0.0728 e. The van der Waals surface area contributed by atoms with Gasteiger partial charge in [0.15, 0.2) is 0 Å². The highest BCUT2D eigenvalue weighted by molar-refractivity contribution is 4.90. The Labute approximate surface area is 153 Å². The third-order valence-corrected chi connectivity index (χ3v) is 6.32. The van der Waals surface area contributed by atoms with Crippen molar-refractivity contribution in [1.82, 2.24) is 0 Å². The Balaban J connectivity index is 0.000000425. The second-order valence-electron chi connectivity index (χ2n) is 8.79. The van der Waals surface area contributed by atoms with Gasteiger partial charge in [-0.05, 0) is 55.8 Å². The van der Waals surface area contributed by atoms with Gasteiger partial charge >= 0.3 is 0 Å². The quantitative estimate of drug-likeness (QED) is 0.564. The summed E-state index contributed by atoms with van der Waals surface area (Å²) in [7, 11) is 0.